The van der Waals surface area contributed by atoms with Crippen molar-refractivity contribution in [3.63, 3.8) is 0 Å². The second kappa shape index (κ2) is 8.33. The molecule has 3 aromatic rings. The molecule has 164 valence electrons. The number of methoxy groups -OCH3 is 1. The van der Waals surface area contributed by atoms with Crippen molar-refractivity contribution in [1.82, 2.24) is 18.8 Å². The van der Waals surface area contributed by atoms with Crippen LogP contribution in [0.25, 0.3) is 11.0 Å². The van der Waals surface area contributed by atoms with Gasteiger partial charge in [-0.25, -0.2) is 13.4 Å². The first-order valence-electron chi connectivity index (χ1n) is 11.0. The number of imidazole rings is 1. The van der Waals surface area contributed by atoms with Gasteiger partial charge in [0.2, 0.25) is 10.0 Å². The van der Waals surface area contributed by atoms with Gasteiger partial charge < -0.3 is 9.30 Å². The van der Waals surface area contributed by atoms with Gasteiger partial charge in [-0.1, -0.05) is 6.07 Å². The standard InChI is InChI=1S/C23H28N4O3S/c1-30-13-12-27-22-15-24-10-8-21(22)25-23(27)19-9-11-26(16-19)31(28,29)20-7-6-17-4-2-3-5-18(17)14-20/h6-8,10,14-15,19H,2-5,9,11-13,16H2,1H3. The van der Waals surface area contributed by atoms with E-state index in [1.165, 1.54) is 17.5 Å². The summed E-state index contributed by atoms with van der Waals surface area (Å²) in [5.41, 5.74) is 4.34. The molecule has 1 aliphatic carbocycles. The third-order valence-corrected chi connectivity index (χ3v) is 8.43. The zero-order chi connectivity index (χ0) is 21.4. The Morgan fingerprint density at radius 3 is 2.84 bits per heavy atom. The SMILES string of the molecule is COCCn1c(C2CCN(S(=O)(=O)c3ccc4c(c3)CCCC4)C2)nc2ccncc21. The minimum absolute atomic E-state index is 0.0525. The van der Waals surface area contributed by atoms with Crippen LogP contribution in [0, 0.1) is 0 Å². The summed E-state index contributed by atoms with van der Waals surface area (Å²) in [7, 11) is -1.83. The fraction of sp³-hybridized carbons (Fsp3) is 0.478. The van der Waals surface area contributed by atoms with Crippen LogP contribution in [0.1, 0.15) is 42.1 Å². The molecule has 1 atom stereocenters. The summed E-state index contributed by atoms with van der Waals surface area (Å²) in [5.74, 6) is 0.972. The van der Waals surface area contributed by atoms with E-state index in [2.05, 4.69) is 9.55 Å². The largest absolute Gasteiger partial charge is 0.383 e. The van der Waals surface area contributed by atoms with Crippen LogP contribution in [0.5, 0.6) is 0 Å². The van der Waals surface area contributed by atoms with Gasteiger partial charge in [-0.3, -0.25) is 4.98 Å². The van der Waals surface area contributed by atoms with Crippen LogP contribution in [0.2, 0.25) is 0 Å². The van der Waals surface area contributed by atoms with Crippen LogP contribution >= 0.6 is 0 Å². The minimum atomic E-state index is -3.51. The molecule has 0 amide bonds. The Morgan fingerprint density at radius 1 is 1.16 bits per heavy atom. The summed E-state index contributed by atoms with van der Waals surface area (Å²) in [6.45, 7) is 2.19. The number of pyridine rings is 1. The number of fused-ring (bicyclic) bond motifs is 2. The third kappa shape index (κ3) is 3.77. The zero-order valence-electron chi connectivity index (χ0n) is 17.8. The molecule has 31 heavy (non-hydrogen) atoms. The number of aryl methyl sites for hydroxylation is 2. The van der Waals surface area contributed by atoms with Crippen LogP contribution in [0.3, 0.4) is 0 Å². The average Bonchev–Trinajstić information content (AvgIpc) is 3.43. The highest BCUT2D eigenvalue weighted by Crippen LogP contribution is 2.33. The first-order chi connectivity index (χ1) is 15.1. The molecule has 0 N–H and O–H groups in total. The highest BCUT2D eigenvalue weighted by atomic mass is 32.2. The zero-order valence-corrected chi connectivity index (χ0v) is 18.6. The number of benzene rings is 1. The lowest BCUT2D eigenvalue weighted by Gasteiger charge is -2.20. The number of sulfonamides is 1. The van der Waals surface area contributed by atoms with Crippen molar-refractivity contribution in [2.24, 2.45) is 0 Å². The van der Waals surface area contributed by atoms with Crippen molar-refractivity contribution in [3.05, 3.63) is 53.6 Å². The molecule has 3 heterocycles. The van der Waals surface area contributed by atoms with Crippen molar-refractivity contribution < 1.29 is 13.2 Å². The van der Waals surface area contributed by atoms with E-state index in [0.717, 1.165) is 42.5 Å². The van der Waals surface area contributed by atoms with Crippen LogP contribution < -0.4 is 0 Å². The maximum Gasteiger partial charge on any atom is 0.243 e. The Labute approximate surface area is 183 Å². The molecule has 0 spiro atoms. The van der Waals surface area contributed by atoms with E-state index in [4.69, 9.17) is 9.72 Å². The molecule has 2 aliphatic rings. The second-order valence-electron chi connectivity index (χ2n) is 8.47. The topological polar surface area (TPSA) is 77.3 Å². The van der Waals surface area contributed by atoms with Crippen LogP contribution in [0.15, 0.2) is 41.6 Å². The molecule has 2 aromatic heterocycles. The Kier molecular flexibility index (Phi) is 5.54. The van der Waals surface area contributed by atoms with Gasteiger partial charge in [0.25, 0.3) is 0 Å². The first-order valence-corrected chi connectivity index (χ1v) is 12.4. The molecule has 7 nitrogen and oxygen atoms in total. The van der Waals surface area contributed by atoms with Crippen molar-refractivity contribution in [2.45, 2.75) is 49.5 Å². The van der Waals surface area contributed by atoms with Gasteiger partial charge in [-0.15, -0.1) is 0 Å². The molecule has 8 heteroatoms. The predicted octanol–water partition coefficient (Wildman–Crippen LogP) is 3.13. The molecule has 1 aromatic carbocycles. The fourth-order valence-corrected chi connectivity index (χ4v) is 6.45. The lowest BCUT2D eigenvalue weighted by atomic mass is 9.92. The molecular weight excluding hydrogens is 412 g/mol. The van der Waals surface area contributed by atoms with Gasteiger partial charge >= 0.3 is 0 Å². The van der Waals surface area contributed by atoms with Gasteiger partial charge in [0.05, 0.1) is 28.7 Å². The number of rotatable bonds is 6. The van der Waals surface area contributed by atoms with Gasteiger partial charge in [0.1, 0.15) is 5.82 Å². The Balaban J connectivity index is 1.42. The smallest absolute Gasteiger partial charge is 0.243 e. The Hall–Kier alpha value is -2.29. The quantitative estimate of drug-likeness (QED) is 0.589. The summed E-state index contributed by atoms with van der Waals surface area (Å²) in [5, 5.41) is 0. The number of nitrogens with zero attached hydrogens (tertiary/aromatic N) is 4. The molecular formula is C23H28N4O3S. The first kappa shape index (κ1) is 20.6. The number of aromatic nitrogens is 3. The van der Waals surface area contributed by atoms with Gasteiger partial charge in [-0.05, 0) is 61.4 Å². The number of hydrogen-bond acceptors (Lipinski definition) is 5. The van der Waals surface area contributed by atoms with Crippen molar-refractivity contribution in [3.8, 4) is 0 Å². The van der Waals surface area contributed by atoms with Crippen LogP contribution in [-0.4, -0.2) is 54.1 Å². The molecule has 5 rings (SSSR count). The average molecular weight is 441 g/mol. The predicted molar refractivity (Wildman–Crippen MR) is 119 cm³/mol. The van der Waals surface area contributed by atoms with Crippen molar-refractivity contribution in [2.75, 3.05) is 26.8 Å². The van der Waals surface area contributed by atoms with Crippen molar-refractivity contribution >= 4 is 21.1 Å². The summed E-state index contributed by atoms with van der Waals surface area (Å²) >= 11 is 0. The van der Waals surface area contributed by atoms with E-state index in [1.54, 1.807) is 23.7 Å². The highest BCUT2D eigenvalue weighted by Gasteiger charge is 2.36. The molecule has 0 bridgehead atoms. The van der Waals surface area contributed by atoms with E-state index in [1.807, 2.05) is 24.4 Å². The summed E-state index contributed by atoms with van der Waals surface area (Å²) < 4.78 is 35.8. The Morgan fingerprint density at radius 2 is 2.00 bits per heavy atom. The minimum Gasteiger partial charge on any atom is -0.383 e. The molecule has 1 fully saturated rings. The molecule has 1 unspecified atom stereocenters. The van der Waals surface area contributed by atoms with E-state index in [9.17, 15) is 8.42 Å². The van der Waals surface area contributed by atoms with Crippen LogP contribution in [0.4, 0.5) is 0 Å². The Bertz CT molecular complexity index is 1200. The highest BCUT2D eigenvalue weighted by molar-refractivity contribution is 7.89. The normalized spacial score (nSPS) is 19.7. The van der Waals surface area contributed by atoms with Gasteiger partial charge in [-0.2, -0.15) is 4.31 Å². The molecule has 1 aliphatic heterocycles. The summed E-state index contributed by atoms with van der Waals surface area (Å²) in [6, 6.07) is 7.59. The van der Waals surface area contributed by atoms with Gasteiger partial charge in [0.15, 0.2) is 0 Å². The summed E-state index contributed by atoms with van der Waals surface area (Å²) in [6.07, 6.45) is 8.65. The fourth-order valence-electron chi connectivity index (χ4n) is 4.89. The van der Waals surface area contributed by atoms with E-state index in [0.29, 0.717) is 31.1 Å². The lowest BCUT2D eigenvalue weighted by Crippen LogP contribution is -2.29. The third-order valence-electron chi connectivity index (χ3n) is 6.57. The van der Waals surface area contributed by atoms with Crippen molar-refractivity contribution in [1.29, 1.82) is 0 Å². The second-order valence-corrected chi connectivity index (χ2v) is 10.4. The van der Waals surface area contributed by atoms with Gasteiger partial charge in [0, 0.05) is 38.9 Å². The van der Waals surface area contributed by atoms with E-state index in [-0.39, 0.29) is 5.92 Å². The molecule has 0 saturated carbocycles. The molecule has 1 saturated heterocycles. The maximum absolute atomic E-state index is 13.4. The van der Waals surface area contributed by atoms with Crippen LogP contribution in [-0.2, 0) is 34.1 Å². The molecule has 0 radical (unpaired) electrons. The monoisotopic (exact) mass is 440 g/mol. The number of hydrogen-bond donors (Lipinski definition) is 0. The van der Waals surface area contributed by atoms with E-state index < -0.39 is 10.0 Å². The number of ether oxygens (including phenoxy) is 1. The van der Waals surface area contributed by atoms with E-state index >= 15 is 0 Å². The maximum atomic E-state index is 13.4. The summed E-state index contributed by atoms with van der Waals surface area (Å²) in [4.78, 5) is 9.51. The lowest BCUT2D eigenvalue weighted by molar-refractivity contribution is 0.187.